The molecule has 0 spiro atoms. The summed E-state index contributed by atoms with van der Waals surface area (Å²) in [6.45, 7) is -1.10. The SMILES string of the molecule is NC(N)=NCCC[C@@H]1NC(=O)CNC(=O)[C@H](CC(=O)O)NC(=O)C(c2ccccc2)NC(=O)[C@H](CS)NC(=O)CNC1=O. The second kappa shape index (κ2) is 17.2. The number of carboxylic acids is 1. The predicted octanol–water partition coefficient (Wildman–Crippen LogP) is -4.00. The van der Waals surface area contributed by atoms with Crippen LogP contribution in [0.3, 0.4) is 0 Å². The standard InChI is InChI=1S/C25H35N9O8S/c26-25(27)28-8-4-7-14-21(39)29-11-18(36)32-16(12-43)23(41)34-20(13-5-2-1-3-6-13)24(42)33-15(9-19(37)38)22(40)30-10-17(35)31-14/h1-3,5-6,14-16,20,43H,4,7-12H2,(H,29,39)(H,30,40)(H,31,35)(H,32,36)(H,33,42)(H,34,41)(H,37,38)(H4,26,27,28)/t14-,15-,16-,20?/m0/s1. The third kappa shape index (κ3) is 11.9. The van der Waals surface area contributed by atoms with E-state index in [9.17, 15) is 38.7 Å². The minimum Gasteiger partial charge on any atom is -0.481 e. The first-order valence-electron chi connectivity index (χ1n) is 13.1. The molecule has 0 bridgehead atoms. The maximum absolute atomic E-state index is 13.3. The molecule has 1 unspecified atom stereocenters. The summed E-state index contributed by atoms with van der Waals surface area (Å²) in [4.78, 5) is 92.6. The number of aliphatic carboxylic acids is 1. The quantitative estimate of drug-likeness (QED) is 0.0581. The van der Waals surface area contributed by atoms with Crippen molar-refractivity contribution in [3.8, 4) is 0 Å². The van der Waals surface area contributed by atoms with Crippen molar-refractivity contribution in [2.45, 2.75) is 43.4 Å². The summed E-state index contributed by atoms with van der Waals surface area (Å²) in [6, 6.07) is 2.42. The van der Waals surface area contributed by atoms with E-state index in [1.165, 1.54) is 12.1 Å². The number of amides is 6. The Bertz CT molecular complexity index is 1230. The van der Waals surface area contributed by atoms with E-state index in [-0.39, 0.29) is 31.1 Å². The second-order valence-electron chi connectivity index (χ2n) is 9.32. The van der Waals surface area contributed by atoms with Gasteiger partial charge in [-0.3, -0.25) is 38.6 Å². The molecule has 0 aliphatic carbocycles. The van der Waals surface area contributed by atoms with Crippen LogP contribution in [-0.4, -0.2) is 96.0 Å². The average molecular weight is 622 g/mol. The Morgan fingerprint density at radius 2 is 1.40 bits per heavy atom. The predicted molar refractivity (Wildman–Crippen MR) is 155 cm³/mol. The highest BCUT2D eigenvalue weighted by Gasteiger charge is 2.32. The number of nitrogens with one attached hydrogen (secondary N) is 6. The van der Waals surface area contributed by atoms with Gasteiger partial charge in [0.15, 0.2) is 5.96 Å². The number of guanidine groups is 1. The van der Waals surface area contributed by atoms with Crippen LogP contribution in [0.25, 0.3) is 0 Å². The fourth-order valence-electron chi connectivity index (χ4n) is 3.87. The lowest BCUT2D eigenvalue weighted by Crippen LogP contribution is -2.57. The van der Waals surface area contributed by atoms with Crippen LogP contribution in [-0.2, 0) is 33.6 Å². The third-order valence-corrected chi connectivity index (χ3v) is 6.34. The molecule has 43 heavy (non-hydrogen) atoms. The first kappa shape index (κ1) is 34.3. The first-order chi connectivity index (χ1) is 20.4. The van der Waals surface area contributed by atoms with Crippen LogP contribution in [0.5, 0.6) is 0 Å². The number of nitrogens with zero attached hydrogens (tertiary/aromatic N) is 1. The Balaban J connectivity index is 2.37. The Hall–Kier alpha value is -4.87. The number of thiol groups is 1. The highest BCUT2D eigenvalue weighted by atomic mass is 32.1. The number of benzene rings is 1. The van der Waals surface area contributed by atoms with Gasteiger partial charge in [0.1, 0.15) is 24.2 Å². The van der Waals surface area contributed by atoms with Crippen LogP contribution in [0.4, 0.5) is 0 Å². The van der Waals surface area contributed by atoms with Crippen molar-refractivity contribution in [2.75, 3.05) is 25.4 Å². The van der Waals surface area contributed by atoms with Crippen LogP contribution < -0.4 is 43.4 Å². The summed E-state index contributed by atoms with van der Waals surface area (Å²) < 4.78 is 0. The molecule has 1 aromatic carbocycles. The van der Waals surface area contributed by atoms with Gasteiger partial charge in [0.05, 0.1) is 19.5 Å². The Kier molecular flexibility index (Phi) is 13.7. The van der Waals surface area contributed by atoms with E-state index in [4.69, 9.17) is 11.5 Å². The topological polar surface area (TPSA) is 276 Å². The molecule has 1 aromatic rings. The van der Waals surface area contributed by atoms with E-state index in [2.05, 4.69) is 49.5 Å². The van der Waals surface area contributed by atoms with E-state index >= 15 is 0 Å². The Morgan fingerprint density at radius 1 is 0.814 bits per heavy atom. The molecule has 11 N–H and O–H groups in total. The van der Waals surface area contributed by atoms with Gasteiger partial charge in [-0.25, -0.2) is 0 Å². The molecule has 0 radical (unpaired) electrons. The molecule has 2 rings (SSSR count). The molecule has 0 saturated carbocycles. The number of carboxylic acid groups (broad SMARTS) is 1. The van der Waals surface area contributed by atoms with Crippen molar-refractivity contribution in [1.82, 2.24) is 31.9 Å². The highest BCUT2D eigenvalue weighted by molar-refractivity contribution is 7.80. The molecule has 4 atom stereocenters. The van der Waals surface area contributed by atoms with Crippen LogP contribution >= 0.6 is 12.6 Å². The van der Waals surface area contributed by atoms with Crippen LogP contribution in [0.2, 0.25) is 0 Å². The zero-order chi connectivity index (χ0) is 31.9. The second-order valence-corrected chi connectivity index (χ2v) is 9.68. The molecule has 1 aliphatic rings. The van der Waals surface area contributed by atoms with E-state index in [0.717, 1.165) is 0 Å². The molecule has 17 nitrogen and oxygen atoms in total. The molecular formula is C25H35N9O8S. The van der Waals surface area contributed by atoms with Crippen LogP contribution in [0.15, 0.2) is 35.3 Å². The summed E-state index contributed by atoms with van der Waals surface area (Å²) in [5.74, 6) is -6.85. The molecule has 0 aromatic heterocycles. The minimum atomic E-state index is -1.64. The number of hydrogen-bond donors (Lipinski definition) is 10. The maximum Gasteiger partial charge on any atom is 0.305 e. The third-order valence-electron chi connectivity index (χ3n) is 5.97. The number of nitrogens with two attached hydrogens (primary N) is 2. The van der Waals surface area contributed by atoms with Gasteiger partial charge in [-0.2, -0.15) is 12.6 Å². The van der Waals surface area contributed by atoms with Gasteiger partial charge < -0.3 is 48.5 Å². The molecular weight excluding hydrogens is 586 g/mol. The van der Waals surface area contributed by atoms with Gasteiger partial charge in [0.2, 0.25) is 35.4 Å². The molecule has 1 fully saturated rings. The van der Waals surface area contributed by atoms with Gasteiger partial charge in [-0.1, -0.05) is 30.3 Å². The van der Waals surface area contributed by atoms with Crippen molar-refractivity contribution in [2.24, 2.45) is 16.5 Å². The summed E-state index contributed by atoms with van der Waals surface area (Å²) in [7, 11) is 0. The minimum absolute atomic E-state index is 0.0458. The van der Waals surface area contributed by atoms with Gasteiger partial charge in [0, 0.05) is 12.3 Å². The molecule has 1 saturated heterocycles. The van der Waals surface area contributed by atoms with Crippen molar-refractivity contribution < 1.29 is 38.7 Å². The zero-order valence-corrected chi connectivity index (χ0v) is 23.9. The van der Waals surface area contributed by atoms with Gasteiger partial charge >= 0.3 is 5.97 Å². The van der Waals surface area contributed by atoms with E-state index in [0.29, 0.717) is 5.56 Å². The van der Waals surface area contributed by atoms with Crippen molar-refractivity contribution in [3.63, 3.8) is 0 Å². The van der Waals surface area contributed by atoms with Gasteiger partial charge in [0.25, 0.3) is 0 Å². The van der Waals surface area contributed by atoms with Crippen LogP contribution in [0, 0.1) is 0 Å². The normalized spacial score (nSPS) is 22.7. The fourth-order valence-corrected chi connectivity index (χ4v) is 4.12. The summed E-state index contributed by atoms with van der Waals surface area (Å²) in [5.41, 5.74) is 10.9. The highest BCUT2D eigenvalue weighted by Crippen LogP contribution is 2.14. The van der Waals surface area contributed by atoms with E-state index in [1.54, 1.807) is 18.2 Å². The molecule has 1 heterocycles. The number of hydrogen-bond acceptors (Lipinski definition) is 9. The zero-order valence-electron chi connectivity index (χ0n) is 23.0. The van der Waals surface area contributed by atoms with Crippen molar-refractivity contribution in [1.29, 1.82) is 0 Å². The molecule has 234 valence electrons. The number of carbonyl (C=O) groups is 7. The van der Waals surface area contributed by atoms with Gasteiger partial charge in [-0.05, 0) is 18.4 Å². The molecule has 6 amide bonds. The summed E-state index contributed by atoms with van der Waals surface area (Å²) >= 11 is 4.10. The number of carbonyl (C=O) groups excluding carboxylic acids is 6. The fraction of sp³-hybridized carbons (Fsp3) is 0.440. The smallest absolute Gasteiger partial charge is 0.305 e. The lowest BCUT2D eigenvalue weighted by molar-refractivity contribution is -0.141. The average Bonchev–Trinajstić information content (AvgIpc) is 2.96. The monoisotopic (exact) mass is 621 g/mol. The lowest BCUT2D eigenvalue weighted by Gasteiger charge is -2.25. The lowest BCUT2D eigenvalue weighted by atomic mass is 10.0. The molecule has 18 heteroatoms. The Labute approximate surface area is 251 Å². The molecule has 1 aliphatic heterocycles. The first-order valence-corrected chi connectivity index (χ1v) is 13.7. The van der Waals surface area contributed by atoms with Crippen molar-refractivity contribution >= 4 is 60.0 Å². The van der Waals surface area contributed by atoms with E-state index < -0.39 is 85.1 Å². The maximum atomic E-state index is 13.3. The van der Waals surface area contributed by atoms with E-state index in [1.807, 2.05) is 0 Å². The number of aliphatic imine (C=N–C) groups is 1. The summed E-state index contributed by atoms with van der Waals surface area (Å²) in [5, 5.41) is 23.6. The van der Waals surface area contributed by atoms with Gasteiger partial charge in [-0.15, -0.1) is 0 Å². The Morgan fingerprint density at radius 3 is 1.95 bits per heavy atom. The van der Waals surface area contributed by atoms with Crippen LogP contribution in [0.1, 0.15) is 30.9 Å². The largest absolute Gasteiger partial charge is 0.481 e. The number of rotatable bonds is 8. The van der Waals surface area contributed by atoms with Crippen molar-refractivity contribution in [3.05, 3.63) is 35.9 Å². The summed E-state index contributed by atoms with van der Waals surface area (Å²) in [6.07, 6.45) is -0.546.